The highest BCUT2D eigenvalue weighted by Crippen LogP contribution is 2.47. The molecule has 3 atom stereocenters. The van der Waals surface area contributed by atoms with Gasteiger partial charge in [-0.05, 0) is 55.6 Å². The summed E-state index contributed by atoms with van der Waals surface area (Å²) >= 11 is 0. The number of nitrogens with zero attached hydrogens (tertiary/aromatic N) is 2. The topological polar surface area (TPSA) is 65.6 Å². The number of amides is 1. The minimum absolute atomic E-state index is 0.0189. The molecule has 0 unspecified atom stereocenters. The van der Waals surface area contributed by atoms with Crippen LogP contribution in [0.4, 0.5) is 0 Å². The average molecular weight is 379 g/mol. The van der Waals surface area contributed by atoms with E-state index in [4.69, 9.17) is 4.74 Å². The van der Waals surface area contributed by atoms with Gasteiger partial charge in [0.05, 0.1) is 18.7 Å². The molecular weight excluding hydrogens is 354 g/mol. The fraction of sp³-hybridized carbons (Fsp3) is 0.455. The number of carbonyl (C=O) groups excluding carboxylic acids is 1. The average Bonchev–Trinajstić information content (AvgIpc) is 3.18. The lowest BCUT2D eigenvalue weighted by Gasteiger charge is -2.51. The Morgan fingerprint density at radius 1 is 1.14 bits per heavy atom. The van der Waals surface area contributed by atoms with Crippen molar-refractivity contribution >= 4 is 5.91 Å². The van der Waals surface area contributed by atoms with Crippen LogP contribution < -0.4 is 10.3 Å². The van der Waals surface area contributed by atoms with Crippen molar-refractivity contribution in [1.82, 2.24) is 14.8 Å². The van der Waals surface area contributed by atoms with Crippen molar-refractivity contribution < 1.29 is 9.53 Å². The van der Waals surface area contributed by atoms with Crippen molar-refractivity contribution in [3.05, 3.63) is 64.1 Å². The van der Waals surface area contributed by atoms with Crippen LogP contribution in [0.15, 0.2) is 47.4 Å². The number of nitrogens with one attached hydrogen (secondary N) is 1. The number of likely N-dealkylation sites (tertiary alicyclic amines) is 1. The van der Waals surface area contributed by atoms with Gasteiger partial charge < -0.3 is 14.6 Å². The molecule has 4 fully saturated rings. The summed E-state index contributed by atoms with van der Waals surface area (Å²) in [7, 11) is 1.69. The van der Waals surface area contributed by atoms with E-state index in [1.54, 1.807) is 19.4 Å². The summed E-state index contributed by atoms with van der Waals surface area (Å²) < 4.78 is 5.44. The molecule has 2 bridgehead atoms. The Labute approximate surface area is 164 Å². The number of hydrogen-bond acceptors (Lipinski definition) is 4. The third-order valence-electron chi connectivity index (χ3n) is 6.81. The van der Waals surface area contributed by atoms with E-state index in [-0.39, 0.29) is 23.4 Å². The lowest BCUT2D eigenvalue weighted by atomic mass is 9.75. The number of fused-ring (bicyclic) bond motifs is 2. The fourth-order valence-corrected chi connectivity index (χ4v) is 5.53. The molecule has 0 saturated carbocycles. The number of benzene rings is 1. The second-order valence-corrected chi connectivity index (χ2v) is 8.14. The maximum atomic E-state index is 13.4. The van der Waals surface area contributed by atoms with Crippen LogP contribution in [0.1, 0.15) is 34.7 Å². The van der Waals surface area contributed by atoms with E-state index >= 15 is 0 Å². The highest BCUT2D eigenvalue weighted by molar-refractivity contribution is 5.94. The van der Waals surface area contributed by atoms with Gasteiger partial charge in [0.1, 0.15) is 5.75 Å². The zero-order valence-corrected chi connectivity index (χ0v) is 16.0. The predicted molar refractivity (Wildman–Crippen MR) is 106 cm³/mol. The van der Waals surface area contributed by atoms with E-state index in [1.807, 2.05) is 12.1 Å². The van der Waals surface area contributed by atoms with Crippen LogP contribution in [0, 0.1) is 5.92 Å². The minimum atomic E-state index is -0.187. The van der Waals surface area contributed by atoms with Crippen LogP contribution in [0.2, 0.25) is 0 Å². The monoisotopic (exact) mass is 379 g/mol. The maximum Gasteiger partial charge on any atom is 0.255 e. The summed E-state index contributed by atoms with van der Waals surface area (Å²) in [6.45, 7) is 2.94. The van der Waals surface area contributed by atoms with Gasteiger partial charge in [-0.3, -0.25) is 14.5 Å². The molecule has 5 heterocycles. The highest BCUT2D eigenvalue weighted by atomic mass is 16.5. The quantitative estimate of drug-likeness (QED) is 0.887. The van der Waals surface area contributed by atoms with E-state index in [2.05, 4.69) is 26.9 Å². The molecule has 2 aromatic rings. The number of pyridine rings is 1. The van der Waals surface area contributed by atoms with Crippen LogP contribution >= 0.6 is 0 Å². The first kappa shape index (κ1) is 17.5. The smallest absolute Gasteiger partial charge is 0.255 e. The van der Waals surface area contributed by atoms with E-state index in [1.165, 1.54) is 11.6 Å². The number of aromatic amines is 1. The highest BCUT2D eigenvalue weighted by Gasteiger charge is 2.54. The Morgan fingerprint density at radius 3 is 2.68 bits per heavy atom. The third kappa shape index (κ3) is 2.75. The van der Waals surface area contributed by atoms with Gasteiger partial charge in [0.25, 0.3) is 5.91 Å². The Hall–Kier alpha value is -2.60. The van der Waals surface area contributed by atoms with Gasteiger partial charge >= 0.3 is 0 Å². The molecule has 0 radical (unpaired) electrons. The molecule has 4 aliphatic heterocycles. The third-order valence-corrected chi connectivity index (χ3v) is 6.81. The zero-order chi connectivity index (χ0) is 19.3. The van der Waals surface area contributed by atoms with Crippen molar-refractivity contribution in [1.29, 1.82) is 0 Å². The molecule has 1 amide bonds. The number of methoxy groups -OCH3 is 1. The van der Waals surface area contributed by atoms with Gasteiger partial charge in [-0.1, -0.05) is 12.1 Å². The summed E-state index contributed by atoms with van der Waals surface area (Å²) in [5.41, 5.74) is 1.60. The van der Waals surface area contributed by atoms with Crippen LogP contribution in [-0.4, -0.2) is 59.5 Å². The Morgan fingerprint density at radius 2 is 1.96 bits per heavy atom. The molecule has 6 heteroatoms. The van der Waals surface area contributed by atoms with Gasteiger partial charge in [0.2, 0.25) is 5.56 Å². The van der Waals surface area contributed by atoms with Crippen molar-refractivity contribution in [3.63, 3.8) is 0 Å². The lowest BCUT2D eigenvalue weighted by Crippen LogP contribution is -2.60. The summed E-state index contributed by atoms with van der Waals surface area (Å²) in [5.74, 6) is 1.70. The molecule has 6 nitrogen and oxygen atoms in total. The SMILES string of the molecule is COc1cccc([C@@H]2CN(C(=O)c3ccc(=O)[nH]c3)[C@H]3C4CCN(CC4)[C@@H]23)c1. The zero-order valence-electron chi connectivity index (χ0n) is 16.0. The summed E-state index contributed by atoms with van der Waals surface area (Å²) in [5, 5.41) is 0. The molecule has 146 valence electrons. The normalized spacial score (nSPS) is 30.9. The number of rotatable bonds is 3. The molecule has 0 aliphatic carbocycles. The number of aromatic nitrogens is 1. The lowest BCUT2D eigenvalue weighted by molar-refractivity contribution is -0.00342. The van der Waals surface area contributed by atoms with Crippen molar-refractivity contribution in [2.24, 2.45) is 5.92 Å². The predicted octanol–water partition coefficient (Wildman–Crippen LogP) is 2.09. The number of H-pyrrole nitrogens is 1. The Kier molecular flexibility index (Phi) is 4.23. The minimum Gasteiger partial charge on any atom is -0.497 e. The molecule has 1 aromatic carbocycles. The molecule has 4 aliphatic rings. The van der Waals surface area contributed by atoms with E-state index in [9.17, 15) is 9.59 Å². The van der Waals surface area contributed by atoms with Crippen molar-refractivity contribution in [3.8, 4) is 5.75 Å². The van der Waals surface area contributed by atoms with Gasteiger partial charge in [-0.2, -0.15) is 0 Å². The summed E-state index contributed by atoms with van der Waals surface area (Å²) in [6, 6.07) is 11.9. The second kappa shape index (κ2) is 6.78. The molecular formula is C22H25N3O3. The van der Waals surface area contributed by atoms with Crippen LogP contribution in [0.25, 0.3) is 0 Å². The number of carbonyl (C=O) groups is 1. The molecule has 4 saturated heterocycles. The number of ether oxygens (including phenoxy) is 1. The number of hydrogen-bond donors (Lipinski definition) is 1. The van der Waals surface area contributed by atoms with Crippen molar-refractivity contribution in [2.45, 2.75) is 30.8 Å². The fourth-order valence-electron chi connectivity index (χ4n) is 5.53. The van der Waals surface area contributed by atoms with Gasteiger partial charge in [-0.15, -0.1) is 0 Å². The van der Waals surface area contributed by atoms with E-state index < -0.39 is 0 Å². The van der Waals surface area contributed by atoms with Gasteiger partial charge in [0, 0.05) is 30.8 Å². The first-order chi connectivity index (χ1) is 13.7. The first-order valence-corrected chi connectivity index (χ1v) is 10.0. The molecule has 1 N–H and O–H groups in total. The molecule has 6 rings (SSSR count). The summed E-state index contributed by atoms with van der Waals surface area (Å²) in [4.78, 5) is 32.0. The van der Waals surface area contributed by atoms with Crippen LogP contribution in [0.3, 0.4) is 0 Å². The van der Waals surface area contributed by atoms with Gasteiger partial charge in [-0.25, -0.2) is 0 Å². The first-order valence-electron chi connectivity index (χ1n) is 10.0. The van der Waals surface area contributed by atoms with Crippen LogP contribution in [-0.2, 0) is 0 Å². The number of piperidine rings is 3. The van der Waals surface area contributed by atoms with E-state index in [0.29, 0.717) is 24.1 Å². The Bertz CT molecular complexity index is 928. The molecule has 1 aromatic heterocycles. The second-order valence-electron chi connectivity index (χ2n) is 8.14. The van der Waals surface area contributed by atoms with E-state index in [0.717, 1.165) is 31.7 Å². The summed E-state index contributed by atoms with van der Waals surface area (Å²) in [6.07, 6.45) is 3.85. The maximum absolute atomic E-state index is 13.4. The Balaban J connectivity index is 1.52. The largest absolute Gasteiger partial charge is 0.497 e. The van der Waals surface area contributed by atoms with Crippen molar-refractivity contribution in [2.75, 3.05) is 26.7 Å². The van der Waals surface area contributed by atoms with Crippen LogP contribution in [0.5, 0.6) is 5.75 Å². The molecule has 0 spiro atoms. The van der Waals surface area contributed by atoms with Gasteiger partial charge in [0.15, 0.2) is 0 Å². The standard InChI is InChI=1S/C22H25N3O3/c1-28-17-4-2-3-15(11-17)18-13-25(22(27)16-5-6-19(26)23-12-16)20-14-7-9-24(10-8-14)21(18)20/h2-6,11-12,14,18,20-21H,7-10,13H2,1H3,(H,23,26)/t18-,20-,21-/m0/s1. The molecule has 28 heavy (non-hydrogen) atoms.